The molecular formula is C18H31N3O8S. The monoisotopic (exact) mass is 449 g/mol. The molecule has 3 amide bonds. The molecule has 2 atom stereocenters. The van der Waals surface area contributed by atoms with E-state index in [4.69, 9.17) is 18.9 Å². The second kappa shape index (κ2) is 9.92. The Balaban J connectivity index is 1.87. The third-order valence-electron chi connectivity index (χ3n) is 5.17. The molecule has 2 bridgehead atoms. The van der Waals surface area contributed by atoms with Crippen molar-refractivity contribution in [1.29, 1.82) is 0 Å². The Hall–Kier alpha value is -1.92. The van der Waals surface area contributed by atoms with Crippen molar-refractivity contribution < 1.29 is 36.0 Å². The van der Waals surface area contributed by atoms with Gasteiger partial charge in [-0.1, -0.05) is 26.2 Å². The summed E-state index contributed by atoms with van der Waals surface area (Å²) in [6, 6.07) is -2.09. The normalized spacial score (nSPS) is 21.8. The molecule has 0 aromatic carbocycles. The van der Waals surface area contributed by atoms with Crippen LogP contribution in [0.4, 0.5) is 4.79 Å². The SMILES string of the molecule is CCCCCCOC(=O)C(C)(C)COS(=O)(=O)ON1C(=O)N2C[C@H]1CC[C@H]2C(N)=O. The number of carbonyl (C=O) groups is 3. The van der Waals surface area contributed by atoms with Gasteiger partial charge in [-0.15, -0.1) is 4.28 Å². The average molecular weight is 450 g/mol. The number of urea groups is 1. The Kier molecular flexibility index (Phi) is 8.06. The van der Waals surface area contributed by atoms with Gasteiger partial charge in [0, 0.05) is 6.54 Å². The van der Waals surface area contributed by atoms with Crippen LogP contribution in [-0.4, -0.2) is 68.1 Å². The standard InChI is InChI=1S/C18H31N3O8S/c1-4-5-6-7-10-27-16(23)18(2,3)12-28-30(25,26)29-21-13-8-9-14(15(19)22)20(11-13)17(21)24/h13-14H,4-12H2,1-3H3,(H2,19,22)/t13-,14+/m1/s1. The van der Waals surface area contributed by atoms with Gasteiger partial charge in [-0.3, -0.25) is 9.59 Å². The summed E-state index contributed by atoms with van der Waals surface area (Å²) in [6.45, 7) is 4.95. The van der Waals surface area contributed by atoms with Crippen molar-refractivity contribution in [2.75, 3.05) is 19.8 Å². The Morgan fingerprint density at radius 3 is 2.53 bits per heavy atom. The number of nitrogens with two attached hydrogens (primary N) is 1. The fraction of sp³-hybridized carbons (Fsp3) is 0.833. The highest BCUT2D eigenvalue weighted by Gasteiger charge is 2.49. The Morgan fingerprint density at radius 2 is 1.90 bits per heavy atom. The van der Waals surface area contributed by atoms with Crippen molar-refractivity contribution in [2.24, 2.45) is 11.1 Å². The van der Waals surface area contributed by atoms with Gasteiger partial charge in [-0.25, -0.2) is 8.98 Å². The molecule has 2 fully saturated rings. The van der Waals surface area contributed by atoms with E-state index in [9.17, 15) is 22.8 Å². The molecule has 0 aliphatic carbocycles. The van der Waals surface area contributed by atoms with E-state index in [2.05, 4.69) is 6.92 Å². The topological polar surface area (TPSA) is 146 Å². The van der Waals surface area contributed by atoms with E-state index in [0.717, 1.165) is 25.7 Å². The third kappa shape index (κ3) is 6.05. The van der Waals surface area contributed by atoms with Gasteiger partial charge in [0.05, 0.1) is 24.7 Å². The first-order valence-corrected chi connectivity index (χ1v) is 11.5. The number of nitrogens with zero attached hydrogens (tertiary/aromatic N) is 2. The minimum absolute atomic E-state index is 0.137. The molecular weight excluding hydrogens is 418 g/mol. The van der Waals surface area contributed by atoms with Gasteiger partial charge in [0.25, 0.3) is 0 Å². The maximum absolute atomic E-state index is 12.4. The van der Waals surface area contributed by atoms with Crippen molar-refractivity contribution in [1.82, 2.24) is 9.96 Å². The van der Waals surface area contributed by atoms with Crippen LogP contribution in [0.25, 0.3) is 0 Å². The van der Waals surface area contributed by atoms with E-state index in [1.165, 1.54) is 18.7 Å². The average Bonchev–Trinajstić information content (AvgIpc) is 2.90. The zero-order valence-corrected chi connectivity index (χ0v) is 18.5. The molecule has 2 saturated heterocycles. The minimum Gasteiger partial charge on any atom is -0.465 e. The van der Waals surface area contributed by atoms with E-state index >= 15 is 0 Å². The number of carbonyl (C=O) groups excluding carboxylic acids is 3. The number of unbranched alkanes of at least 4 members (excludes halogenated alkanes) is 3. The molecule has 172 valence electrons. The van der Waals surface area contributed by atoms with Gasteiger partial charge >= 0.3 is 22.4 Å². The first-order valence-electron chi connectivity index (χ1n) is 10.1. The molecule has 2 N–H and O–H groups in total. The first kappa shape index (κ1) is 24.4. The van der Waals surface area contributed by atoms with Crippen molar-refractivity contribution in [2.45, 2.75) is 71.4 Å². The lowest BCUT2D eigenvalue weighted by Crippen LogP contribution is -2.47. The van der Waals surface area contributed by atoms with E-state index in [1.807, 2.05) is 0 Å². The molecule has 11 nitrogen and oxygen atoms in total. The van der Waals surface area contributed by atoms with Crippen LogP contribution in [-0.2, 0) is 33.2 Å². The molecule has 0 aromatic heterocycles. The second-order valence-electron chi connectivity index (χ2n) is 8.24. The van der Waals surface area contributed by atoms with Crippen LogP contribution in [0.2, 0.25) is 0 Å². The van der Waals surface area contributed by atoms with Gasteiger partial charge in [0.1, 0.15) is 6.04 Å². The number of rotatable bonds is 12. The Bertz CT molecular complexity index is 755. The van der Waals surface area contributed by atoms with Crippen LogP contribution in [0.3, 0.4) is 0 Å². The fourth-order valence-corrected chi connectivity index (χ4v) is 4.18. The van der Waals surface area contributed by atoms with Crippen LogP contribution in [0.5, 0.6) is 0 Å². The number of hydrogen-bond donors (Lipinski definition) is 1. The predicted octanol–water partition coefficient (Wildman–Crippen LogP) is 1.08. The molecule has 0 aromatic rings. The number of esters is 1. The summed E-state index contributed by atoms with van der Waals surface area (Å²) >= 11 is 0. The number of primary amides is 1. The van der Waals surface area contributed by atoms with E-state index in [-0.39, 0.29) is 13.2 Å². The number of ether oxygens (including phenoxy) is 1. The summed E-state index contributed by atoms with van der Waals surface area (Å²) in [5, 5.41) is 0.692. The summed E-state index contributed by atoms with van der Waals surface area (Å²) in [7, 11) is -4.62. The van der Waals surface area contributed by atoms with Crippen LogP contribution in [0.1, 0.15) is 59.3 Å². The molecule has 0 unspecified atom stereocenters. The quantitative estimate of drug-likeness (QED) is 0.344. The molecule has 12 heteroatoms. The van der Waals surface area contributed by atoms with Crippen molar-refractivity contribution in [3.05, 3.63) is 0 Å². The predicted molar refractivity (Wildman–Crippen MR) is 105 cm³/mol. The van der Waals surface area contributed by atoms with Gasteiger partial charge in [0.2, 0.25) is 5.91 Å². The van der Waals surface area contributed by atoms with Crippen molar-refractivity contribution in [3.8, 4) is 0 Å². The molecule has 0 radical (unpaired) electrons. The lowest BCUT2D eigenvalue weighted by Gasteiger charge is -2.27. The fourth-order valence-electron chi connectivity index (χ4n) is 3.31. The summed E-state index contributed by atoms with van der Waals surface area (Å²) in [6.07, 6.45) is 4.48. The summed E-state index contributed by atoms with van der Waals surface area (Å²) in [5.41, 5.74) is 4.06. The maximum Gasteiger partial charge on any atom is 0.421 e. The van der Waals surface area contributed by atoms with Gasteiger partial charge in [-0.05, 0) is 33.1 Å². The zero-order valence-electron chi connectivity index (χ0n) is 17.7. The van der Waals surface area contributed by atoms with Gasteiger partial charge < -0.3 is 15.4 Å². The molecule has 0 spiro atoms. The minimum atomic E-state index is -4.62. The van der Waals surface area contributed by atoms with Crippen LogP contribution >= 0.6 is 0 Å². The molecule has 0 saturated carbocycles. The zero-order chi connectivity index (χ0) is 22.5. The molecule has 2 aliphatic heterocycles. The van der Waals surface area contributed by atoms with Gasteiger partial charge in [-0.2, -0.15) is 13.5 Å². The Labute approximate surface area is 177 Å². The van der Waals surface area contributed by atoms with Crippen LogP contribution < -0.4 is 5.73 Å². The number of amides is 3. The first-order chi connectivity index (χ1) is 14.0. The lowest BCUT2D eigenvalue weighted by atomic mass is 9.95. The van der Waals surface area contributed by atoms with Crippen molar-refractivity contribution in [3.63, 3.8) is 0 Å². The van der Waals surface area contributed by atoms with Crippen molar-refractivity contribution >= 4 is 28.3 Å². The van der Waals surface area contributed by atoms with Crippen LogP contribution in [0, 0.1) is 5.41 Å². The molecule has 30 heavy (non-hydrogen) atoms. The highest BCUT2D eigenvalue weighted by atomic mass is 32.3. The second-order valence-corrected chi connectivity index (χ2v) is 9.44. The highest BCUT2D eigenvalue weighted by molar-refractivity contribution is 7.81. The van der Waals surface area contributed by atoms with Crippen LogP contribution in [0.15, 0.2) is 0 Å². The van der Waals surface area contributed by atoms with E-state index in [1.54, 1.807) is 0 Å². The largest absolute Gasteiger partial charge is 0.465 e. The lowest BCUT2D eigenvalue weighted by molar-refractivity contribution is -0.156. The summed E-state index contributed by atoms with van der Waals surface area (Å²) < 4.78 is 39.3. The number of fused-ring (bicyclic) bond motifs is 2. The molecule has 2 aliphatic rings. The summed E-state index contributed by atoms with van der Waals surface area (Å²) in [5.74, 6) is -1.24. The van der Waals surface area contributed by atoms with E-state index in [0.29, 0.717) is 17.9 Å². The molecule has 2 heterocycles. The summed E-state index contributed by atoms with van der Waals surface area (Å²) in [4.78, 5) is 37.3. The number of piperidine rings is 1. The smallest absolute Gasteiger partial charge is 0.421 e. The third-order valence-corrected chi connectivity index (χ3v) is 5.92. The van der Waals surface area contributed by atoms with Gasteiger partial charge in [0.15, 0.2) is 0 Å². The van der Waals surface area contributed by atoms with E-state index < -0.39 is 52.4 Å². The number of hydrogen-bond acceptors (Lipinski definition) is 8. The Morgan fingerprint density at radius 1 is 1.20 bits per heavy atom. The molecule has 2 rings (SSSR count). The number of hydroxylamine groups is 2. The highest BCUT2D eigenvalue weighted by Crippen LogP contribution is 2.31. The maximum atomic E-state index is 12.4.